The molecule has 2 N–H and O–H groups in total. The van der Waals surface area contributed by atoms with Gasteiger partial charge in [0.05, 0.1) is 17.7 Å². The van der Waals surface area contributed by atoms with E-state index in [9.17, 15) is 13.6 Å². The number of thioether (sulfide) groups is 1. The van der Waals surface area contributed by atoms with E-state index in [0.717, 1.165) is 30.0 Å². The Hall–Kier alpha value is -2.68. The van der Waals surface area contributed by atoms with Gasteiger partial charge < -0.3 is 14.9 Å². The van der Waals surface area contributed by atoms with Crippen molar-refractivity contribution in [2.24, 2.45) is 0 Å². The van der Waals surface area contributed by atoms with E-state index in [0.29, 0.717) is 5.76 Å². The fourth-order valence-corrected chi connectivity index (χ4v) is 3.24. The van der Waals surface area contributed by atoms with Crippen molar-refractivity contribution in [3.63, 3.8) is 0 Å². The van der Waals surface area contributed by atoms with Crippen molar-refractivity contribution in [2.75, 3.05) is 12.3 Å². The first-order valence-electron chi connectivity index (χ1n) is 7.71. The third-order valence-electron chi connectivity index (χ3n) is 3.53. The Labute approximate surface area is 151 Å². The van der Waals surface area contributed by atoms with E-state index in [-0.39, 0.29) is 45.6 Å². The number of nitrogen functional groups attached to an aromatic ring is 1. The fraction of sp³-hybridized carbons (Fsp3) is 0.235. The topological polar surface area (TPSA) is 91.2 Å². The Bertz CT molecular complexity index is 991. The SMILES string of the molecule is CCOC(=O)c1c(C)oc2nc(CSc3cc(F)ccc3F)nc(N)c12. The van der Waals surface area contributed by atoms with Crippen LogP contribution in [0.3, 0.4) is 0 Å². The summed E-state index contributed by atoms with van der Waals surface area (Å²) in [6, 6.07) is 3.19. The van der Waals surface area contributed by atoms with Gasteiger partial charge in [-0.15, -0.1) is 11.8 Å². The van der Waals surface area contributed by atoms with Crippen LogP contribution in [0.2, 0.25) is 0 Å². The van der Waals surface area contributed by atoms with Crippen LogP contribution in [0.5, 0.6) is 0 Å². The van der Waals surface area contributed by atoms with Crippen molar-refractivity contribution in [3.05, 3.63) is 47.0 Å². The molecule has 0 saturated heterocycles. The van der Waals surface area contributed by atoms with E-state index >= 15 is 0 Å². The predicted molar refractivity (Wildman–Crippen MR) is 92.8 cm³/mol. The van der Waals surface area contributed by atoms with Crippen LogP contribution in [-0.4, -0.2) is 22.5 Å². The molecular weight excluding hydrogens is 364 g/mol. The number of esters is 1. The lowest BCUT2D eigenvalue weighted by molar-refractivity contribution is 0.0526. The van der Waals surface area contributed by atoms with Crippen molar-refractivity contribution in [1.29, 1.82) is 0 Å². The molecule has 2 heterocycles. The normalized spacial score (nSPS) is 11.1. The highest BCUT2D eigenvalue weighted by atomic mass is 32.2. The van der Waals surface area contributed by atoms with E-state index < -0.39 is 17.6 Å². The van der Waals surface area contributed by atoms with E-state index in [4.69, 9.17) is 14.9 Å². The summed E-state index contributed by atoms with van der Waals surface area (Å²) in [5.74, 6) is -0.842. The number of aryl methyl sites for hydroxylation is 1. The minimum Gasteiger partial charge on any atom is -0.462 e. The maximum Gasteiger partial charge on any atom is 0.342 e. The maximum absolute atomic E-state index is 13.7. The summed E-state index contributed by atoms with van der Waals surface area (Å²) in [7, 11) is 0. The van der Waals surface area contributed by atoms with Crippen LogP contribution in [0.4, 0.5) is 14.6 Å². The zero-order valence-corrected chi connectivity index (χ0v) is 14.8. The van der Waals surface area contributed by atoms with Crippen LogP contribution < -0.4 is 5.73 Å². The third-order valence-corrected chi connectivity index (χ3v) is 4.56. The summed E-state index contributed by atoms with van der Waals surface area (Å²) in [6.45, 7) is 3.50. The number of rotatable bonds is 5. The van der Waals surface area contributed by atoms with Gasteiger partial charge in [-0.1, -0.05) is 0 Å². The average molecular weight is 379 g/mol. The highest BCUT2D eigenvalue weighted by molar-refractivity contribution is 7.98. The molecule has 0 radical (unpaired) electrons. The lowest BCUT2D eigenvalue weighted by Crippen LogP contribution is -2.07. The molecule has 9 heteroatoms. The number of furan rings is 1. The van der Waals surface area contributed by atoms with Crippen LogP contribution in [0, 0.1) is 18.6 Å². The van der Waals surface area contributed by atoms with Gasteiger partial charge in [0.25, 0.3) is 0 Å². The van der Waals surface area contributed by atoms with E-state index in [2.05, 4.69) is 9.97 Å². The molecule has 0 unspecified atom stereocenters. The lowest BCUT2D eigenvalue weighted by atomic mass is 10.2. The van der Waals surface area contributed by atoms with Gasteiger partial charge in [-0.05, 0) is 32.0 Å². The Morgan fingerprint density at radius 2 is 2.12 bits per heavy atom. The molecule has 1 aromatic carbocycles. The largest absolute Gasteiger partial charge is 0.462 e. The molecule has 6 nitrogen and oxygen atoms in total. The molecule has 0 fully saturated rings. The summed E-state index contributed by atoms with van der Waals surface area (Å²) in [5, 5.41) is 0.284. The molecule has 0 aliphatic rings. The number of nitrogens with two attached hydrogens (primary N) is 1. The van der Waals surface area contributed by atoms with Gasteiger partial charge in [0, 0.05) is 4.90 Å². The van der Waals surface area contributed by atoms with Gasteiger partial charge in [-0.3, -0.25) is 0 Å². The van der Waals surface area contributed by atoms with Crippen molar-refractivity contribution >= 4 is 34.6 Å². The molecule has 0 spiro atoms. The van der Waals surface area contributed by atoms with Crippen molar-refractivity contribution in [1.82, 2.24) is 9.97 Å². The van der Waals surface area contributed by atoms with E-state index in [1.165, 1.54) is 0 Å². The number of benzene rings is 1. The highest BCUT2D eigenvalue weighted by Gasteiger charge is 2.23. The smallest absolute Gasteiger partial charge is 0.342 e. The van der Waals surface area contributed by atoms with Crippen LogP contribution in [0.15, 0.2) is 27.5 Å². The molecule has 3 rings (SSSR count). The van der Waals surface area contributed by atoms with Crippen LogP contribution in [0.1, 0.15) is 28.9 Å². The first-order chi connectivity index (χ1) is 12.4. The number of carbonyl (C=O) groups excluding carboxylic acids is 1. The first-order valence-corrected chi connectivity index (χ1v) is 8.69. The first kappa shape index (κ1) is 18.1. The molecule has 136 valence electrons. The molecule has 0 saturated carbocycles. The van der Waals surface area contributed by atoms with E-state index in [1.54, 1.807) is 13.8 Å². The molecule has 2 aromatic heterocycles. The number of hydrogen-bond donors (Lipinski definition) is 1. The Kier molecular flexibility index (Phi) is 5.08. The minimum absolute atomic E-state index is 0.0604. The summed E-state index contributed by atoms with van der Waals surface area (Å²) in [6.07, 6.45) is 0. The van der Waals surface area contributed by atoms with Crippen LogP contribution in [-0.2, 0) is 10.5 Å². The summed E-state index contributed by atoms with van der Waals surface area (Å²) in [4.78, 5) is 20.6. The van der Waals surface area contributed by atoms with Crippen molar-refractivity contribution < 1.29 is 22.7 Å². The Balaban J connectivity index is 1.92. The Morgan fingerprint density at radius 3 is 2.85 bits per heavy atom. The monoisotopic (exact) mass is 379 g/mol. The average Bonchev–Trinajstić information content (AvgIpc) is 2.92. The van der Waals surface area contributed by atoms with Crippen molar-refractivity contribution in [3.8, 4) is 0 Å². The zero-order valence-electron chi connectivity index (χ0n) is 14.0. The van der Waals surface area contributed by atoms with Gasteiger partial charge in [-0.25, -0.2) is 18.6 Å². The number of hydrogen-bond acceptors (Lipinski definition) is 7. The third kappa shape index (κ3) is 3.48. The number of fused-ring (bicyclic) bond motifs is 1. The van der Waals surface area contributed by atoms with Gasteiger partial charge in [0.2, 0.25) is 5.71 Å². The number of anilines is 1. The molecule has 3 aromatic rings. The van der Waals surface area contributed by atoms with E-state index in [1.807, 2.05) is 0 Å². The van der Waals surface area contributed by atoms with Crippen LogP contribution >= 0.6 is 11.8 Å². The number of nitrogens with zero attached hydrogens (tertiary/aromatic N) is 2. The van der Waals surface area contributed by atoms with Crippen LogP contribution in [0.25, 0.3) is 11.1 Å². The standard InChI is InChI=1S/C17H15F2N3O3S/c1-3-24-17(23)13-8(2)25-16-14(13)15(20)21-12(22-16)7-26-11-6-9(18)4-5-10(11)19/h4-6H,3,7H2,1-2H3,(H2,20,21,22). The predicted octanol–water partition coefficient (Wildman–Crippen LogP) is 3.86. The summed E-state index contributed by atoms with van der Waals surface area (Å²) < 4.78 is 37.4. The molecule has 0 aliphatic heterocycles. The summed E-state index contributed by atoms with van der Waals surface area (Å²) >= 11 is 1.03. The van der Waals surface area contributed by atoms with Gasteiger partial charge in [0.15, 0.2) is 0 Å². The van der Waals surface area contributed by atoms with Gasteiger partial charge >= 0.3 is 5.97 Å². The quantitative estimate of drug-likeness (QED) is 0.532. The summed E-state index contributed by atoms with van der Waals surface area (Å²) in [5.41, 5.74) is 6.30. The van der Waals surface area contributed by atoms with Crippen molar-refractivity contribution in [2.45, 2.75) is 24.5 Å². The lowest BCUT2D eigenvalue weighted by Gasteiger charge is -2.05. The number of aromatic nitrogens is 2. The second kappa shape index (κ2) is 7.28. The molecule has 0 aliphatic carbocycles. The number of halogens is 2. The number of ether oxygens (including phenoxy) is 1. The molecular formula is C17H15F2N3O3S. The highest BCUT2D eigenvalue weighted by Crippen LogP contribution is 2.31. The Morgan fingerprint density at radius 1 is 1.35 bits per heavy atom. The fourth-order valence-electron chi connectivity index (χ4n) is 2.43. The molecule has 26 heavy (non-hydrogen) atoms. The van der Waals surface area contributed by atoms with Gasteiger partial charge in [0.1, 0.15) is 34.6 Å². The number of carbonyl (C=O) groups is 1. The molecule has 0 amide bonds. The minimum atomic E-state index is -0.567. The second-order valence-corrected chi connectivity index (χ2v) is 6.34. The maximum atomic E-state index is 13.7. The molecule has 0 atom stereocenters. The zero-order chi connectivity index (χ0) is 18.8. The van der Waals surface area contributed by atoms with Gasteiger partial charge in [-0.2, -0.15) is 4.98 Å². The second-order valence-electron chi connectivity index (χ2n) is 5.32. The molecule has 0 bridgehead atoms.